The average Bonchev–Trinajstić information content (AvgIpc) is 2.38. The zero-order valence-electron chi connectivity index (χ0n) is 10.8. The lowest BCUT2D eigenvalue weighted by Crippen LogP contribution is -2.36. The van der Waals surface area contributed by atoms with E-state index in [1.807, 2.05) is 6.07 Å². The van der Waals surface area contributed by atoms with E-state index in [4.69, 9.17) is 0 Å². The molecule has 1 saturated carbocycles. The third-order valence-electron chi connectivity index (χ3n) is 3.80. The highest BCUT2D eigenvalue weighted by atomic mass is 16.6. The van der Waals surface area contributed by atoms with Crippen molar-refractivity contribution in [1.29, 1.82) is 0 Å². The van der Waals surface area contributed by atoms with Crippen molar-refractivity contribution < 1.29 is 4.92 Å². The molecule has 2 rings (SSSR count). The Hall–Kier alpha value is -1.42. The maximum Gasteiger partial charge on any atom is 0.269 e. The van der Waals surface area contributed by atoms with Gasteiger partial charge in [-0.15, -0.1) is 0 Å². The first-order chi connectivity index (χ1) is 8.66. The average molecular weight is 248 g/mol. The molecule has 4 heteroatoms. The number of nitrogens with one attached hydrogen (secondary N) is 1. The molecule has 0 amide bonds. The summed E-state index contributed by atoms with van der Waals surface area (Å²) in [5.74, 6) is 0.706. The molecular formula is C14H20N2O2. The van der Waals surface area contributed by atoms with Crippen LogP contribution < -0.4 is 5.32 Å². The van der Waals surface area contributed by atoms with Crippen LogP contribution in [0.4, 0.5) is 5.69 Å². The Morgan fingerprint density at radius 2 is 2.17 bits per heavy atom. The molecule has 1 aliphatic carbocycles. The van der Waals surface area contributed by atoms with Crippen LogP contribution in [0.25, 0.3) is 0 Å². The number of rotatable bonds is 4. The molecule has 2 atom stereocenters. The van der Waals surface area contributed by atoms with Crippen LogP contribution in [0.5, 0.6) is 0 Å². The first-order valence-corrected chi connectivity index (χ1v) is 6.63. The second kappa shape index (κ2) is 5.96. The molecule has 98 valence electrons. The first-order valence-electron chi connectivity index (χ1n) is 6.63. The number of nitrogens with zero attached hydrogens (tertiary/aromatic N) is 1. The Balaban J connectivity index is 1.93. The van der Waals surface area contributed by atoms with Crippen molar-refractivity contribution in [3.05, 3.63) is 39.9 Å². The minimum atomic E-state index is -0.341. The molecule has 1 aliphatic rings. The van der Waals surface area contributed by atoms with Crippen molar-refractivity contribution in [2.75, 3.05) is 0 Å². The van der Waals surface area contributed by atoms with E-state index >= 15 is 0 Å². The molecule has 0 aromatic heterocycles. The van der Waals surface area contributed by atoms with Crippen LogP contribution in [0, 0.1) is 16.0 Å². The molecule has 1 N–H and O–H groups in total. The lowest BCUT2D eigenvalue weighted by molar-refractivity contribution is -0.384. The molecule has 0 heterocycles. The molecule has 1 aromatic rings. The van der Waals surface area contributed by atoms with Crippen LogP contribution in [-0.4, -0.2) is 11.0 Å². The molecule has 0 spiro atoms. The number of benzene rings is 1. The third-order valence-corrected chi connectivity index (χ3v) is 3.80. The third kappa shape index (κ3) is 3.29. The molecule has 4 nitrogen and oxygen atoms in total. The van der Waals surface area contributed by atoms with Crippen molar-refractivity contribution in [2.24, 2.45) is 5.92 Å². The van der Waals surface area contributed by atoms with Gasteiger partial charge in [-0.25, -0.2) is 0 Å². The highest BCUT2D eigenvalue weighted by molar-refractivity contribution is 5.34. The van der Waals surface area contributed by atoms with E-state index in [0.717, 1.165) is 12.1 Å². The van der Waals surface area contributed by atoms with E-state index < -0.39 is 0 Å². The van der Waals surface area contributed by atoms with Crippen molar-refractivity contribution >= 4 is 5.69 Å². The van der Waals surface area contributed by atoms with Gasteiger partial charge in [-0.2, -0.15) is 0 Å². The predicted octanol–water partition coefficient (Wildman–Crippen LogP) is 3.26. The van der Waals surface area contributed by atoms with Gasteiger partial charge in [0.25, 0.3) is 5.69 Å². The summed E-state index contributed by atoms with van der Waals surface area (Å²) in [7, 11) is 0. The minimum absolute atomic E-state index is 0.172. The largest absolute Gasteiger partial charge is 0.310 e. The van der Waals surface area contributed by atoms with Gasteiger partial charge in [-0.1, -0.05) is 31.9 Å². The van der Waals surface area contributed by atoms with Gasteiger partial charge in [0.05, 0.1) is 4.92 Å². The van der Waals surface area contributed by atoms with Gasteiger partial charge in [-0.05, 0) is 24.3 Å². The van der Waals surface area contributed by atoms with Crippen molar-refractivity contribution in [3.8, 4) is 0 Å². The number of hydrogen-bond donors (Lipinski definition) is 1. The van der Waals surface area contributed by atoms with Crippen molar-refractivity contribution in [2.45, 2.75) is 45.2 Å². The van der Waals surface area contributed by atoms with Gasteiger partial charge in [0.15, 0.2) is 0 Å². The van der Waals surface area contributed by atoms with E-state index in [1.165, 1.54) is 31.7 Å². The first kappa shape index (κ1) is 13.0. The second-order valence-corrected chi connectivity index (χ2v) is 5.18. The Morgan fingerprint density at radius 1 is 1.39 bits per heavy atom. The molecular weight excluding hydrogens is 228 g/mol. The molecule has 0 saturated heterocycles. The fourth-order valence-electron chi connectivity index (χ4n) is 2.65. The van der Waals surface area contributed by atoms with Gasteiger partial charge < -0.3 is 5.32 Å². The zero-order valence-corrected chi connectivity index (χ0v) is 10.8. The fourth-order valence-corrected chi connectivity index (χ4v) is 2.65. The molecule has 0 unspecified atom stereocenters. The Morgan fingerprint density at radius 3 is 2.89 bits per heavy atom. The molecule has 0 bridgehead atoms. The van der Waals surface area contributed by atoms with Crippen LogP contribution in [-0.2, 0) is 6.54 Å². The van der Waals surface area contributed by atoms with Gasteiger partial charge in [0, 0.05) is 24.7 Å². The molecule has 1 fully saturated rings. The van der Waals surface area contributed by atoms with Crippen molar-refractivity contribution in [1.82, 2.24) is 5.32 Å². The van der Waals surface area contributed by atoms with Crippen LogP contribution >= 0.6 is 0 Å². The van der Waals surface area contributed by atoms with Crippen LogP contribution in [0.3, 0.4) is 0 Å². The highest BCUT2D eigenvalue weighted by Crippen LogP contribution is 2.24. The Labute approximate surface area is 108 Å². The second-order valence-electron chi connectivity index (χ2n) is 5.18. The summed E-state index contributed by atoms with van der Waals surface area (Å²) >= 11 is 0. The quantitative estimate of drug-likeness (QED) is 0.657. The predicted molar refractivity (Wildman–Crippen MR) is 71.4 cm³/mol. The molecule has 1 aromatic carbocycles. The molecule has 18 heavy (non-hydrogen) atoms. The minimum Gasteiger partial charge on any atom is -0.310 e. The molecule has 0 aliphatic heterocycles. The van der Waals surface area contributed by atoms with Crippen LogP contribution in [0.2, 0.25) is 0 Å². The summed E-state index contributed by atoms with van der Waals surface area (Å²) in [5, 5.41) is 14.2. The van der Waals surface area contributed by atoms with E-state index in [0.29, 0.717) is 12.0 Å². The SMILES string of the molecule is C[C@H]1CCCC[C@H]1NCc1cccc([N+](=O)[O-])c1. The lowest BCUT2D eigenvalue weighted by atomic mass is 9.86. The van der Waals surface area contributed by atoms with E-state index in [-0.39, 0.29) is 10.6 Å². The summed E-state index contributed by atoms with van der Waals surface area (Å²) < 4.78 is 0. The summed E-state index contributed by atoms with van der Waals surface area (Å²) in [6, 6.07) is 7.43. The number of non-ortho nitro benzene ring substituents is 1. The van der Waals surface area contributed by atoms with Gasteiger partial charge >= 0.3 is 0 Å². The number of nitro groups is 1. The Bertz CT molecular complexity index is 420. The topological polar surface area (TPSA) is 55.2 Å². The van der Waals surface area contributed by atoms with Gasteiger partial charge in [0.1, 0.15) is 0 Å². The van der Waals surface area contributed by atoms with E-state index in [2.05, 4.69) is 12.2 Å². The monoisotopic (exact) mass is 248 g/mol. The number of hydrogen-bond acceptors (Lipinski definition) is 3. The summed E-state index contributed by atoms with van der Waals surface area (Å²) in [6.45, 7) is 3.00. The van der Waals surface area contributed by atoms with E-state index in [1.54, 1.807) is 12.1 Å². The van der Waals surface area contributed by atoms with Gasteiger partial charge in [-0.3, -0.25) is 10.1 Å². The summed E-state index contributed by atoms with van der Waals surface area (Å²) in [5.41, 5.74) is 1.16. The summed E-state index contributed by atoms with van der Waals surface area (Å²) in [4.78, 5) is 10.4. The van der Waals surface area contributed by atoms with E-state index in [9.17, 15) is 10.1 Å². The maximum atomic E-state index is 10.7. The van der Waals surface area contributed by atoms with Crippen LogP contribution in [0.1, 0.15) is 38.2 Å². The van der Waals surface area contributed by atoms with Gasteiger partial charge in [0.2, 0.25) is 0 Å². The summed E-state index contributed by atoms with van der Waals surface area (Å²) in [6.07, 6.45) is 5.12. The van der Waals surface area contributed by atoms with Crippen LogP contribution in [0.15, 0.2) is 24.3 Å². The smallest absolute Gasteiger partial charge is 0.269 e. The maximum absolute atomic E-state index is 10.7. The van der Waals surface area contributed by atoms with Crippen molar-refractivity contribution in [3.63, 3.8) is 0 Å². The zero-order chi connectivity index (χ0) is 13.0. The Kier molecular flexibility index (Phi) is 4.31. The number of nitro benzene ring substituents is 1. The lowest BCUT2D eigenvalue weighted by Gasteiger charge is -2.29. The molecule has 0 radical (unpaired) electrons. The highest BCUT2D eigenvalue weighted by Gasteiger charge is 2.20. The normalized spacial score (nSPS) is 23.8. The fraction of sp³-hybridized carbons (Fsp3) is 0.571. The standard InChI is InChI=1S/C14H20N2O2/c1-11-5-2-3-8-14(11)15-10-12-6-4-7-13(9-12)16(17)18/h4,6-7,9,11,14-15H,2-3,5,8,10H2,1H3/t11-,14+/m0/s1.